The summed E-state index contributed by atoms with van der Waals surface area (Å²) >= 11 is 0. The molecular formula is C9H9F3N2O3. The first-order valence-electron chi connectivity index (χ1n) is 4.59. The molecule has 8 heteroatoms. The molecule has 0 radical (unpaired) electrons. The van der Waals surface area contributed by atoms with E-state index in [1.807, 2.05) is 0 Å². The van der Waals surface area contributed by atoms with Crippen molar-refractivity contribution in [2.45, 2.75) is 24.7 Å². The number of carboxylic acid groups (broad SMARTS) is 1. The van der Waals surface area contributed by atoms with E-state index in [0.717, 1.165) is 4.90 Å². The molecule has 1 heterocycles. The van der Waals surface area contributed by atoms with Crippen LogP contribution in [0.15, 0.2) is 0 Å². The van der Waals surface area contributed by atoms with Crippen molar-refractivity contribution >= 4 is 12.0 Å². The smallest absolute Gasteiger partial charge is 0.465 e. The van der Waals surface area contributed by atoms with Crippen molar-refractivity contribution in [1.82, 2.24) is 10.2 Å². The standard InChI is InChI=1S/C9H9F3N2O3/c1-2-6-3-5(4-14(6)8(16)17)13-7(15)9(10,11)12/h1,5-6H,3-4H2,(H,13,15)(H,16,17)/t5-,6+/m1/s1. The molecule has 1 rings (SSSR count). The number of carbonyl (C=O) groups excluding carboxylic acids is 1. The molecule has 0 unspecified atom stereocenters. The van der Waals surface area contributed by atoms with Crippen LogP contribution < -0.4 is 5.32 Å². The molecule has 0 bridgehead atoms. The van der Waals surface area contributed by atoms with Gasteiger partial charge in [0, 0.05) is 19.0 Å². The number of terminal acetylenes is 1. The van der Waals surface area contributed by atoms with E-state index < -0.39 is 30.3 Å². The molecular weight excluding hydrogens is 241 g/mol. The molecule has 0 aromatic heterocycles. The van der Waals surface area contributed by atoms with E-state index in [0.29, 0.717) is 0 Å². The van der Waals surface area contributed by atoms with E-state index in [1.165, 1.54) is 0 Å². The molecule has 2 amide bonds. The van der Waals surface area contributed by atoms with Gasteiger partial charge in [0.15, 0.2) is 0 Å². The van der Waals surface area contributed by atoms with Crippen LogP contribution in [0.3, 0.4) is 0 Å². The lowest BCUT2D eigenvalue weighted by molar-refractivity contribution is -0.174. The number of likely N-dealkylation sites (tertiary alicyclic amines) is 1. The maximum Gasteiger partial charge on any atom is 0.471 e. The molecule has 0 saturated carbocycles. The number of rotatable bonds is 1. The van der Waals surface area contributed by atoms with Crippen LogP contribution >= 0.6 is 0 Å². The first-order chi connectivity index (χ1) is 7.75. The molecule has 0 aromatic carbocycles. The zero-order valence-corrected chi connectivity index (χ0v) is 8.49. The Morgan fingerprint density at radius 3 is 2.41 bits per heavy atom. The number of amides is 2. The van der Waals surface area contributed by atoms with Crippen molar-refractivity contribution in [2.24, 2.45) is 0 Å². The van der Waals surface area contributed by atoms with Crippen molar-refractivity contribution in [2.75, 3.05) is 6.54 Å². The van der Waals surface area contributed by atoms with Crippen LogP contribution in [0.5, 0.6) is 0 Å². The highest BCUT2D eigenvalue weighted by Gasteiger charge is 2.42. The topological polar surface area (TPSA) is 69.6 Å². The summed E-state index contributed by atoms with van der Waals surface area (Å²) in [6.07, 6.45) is -1.28. The molecule has 1 aliphatic rings. The summed E-state index contributed by atoms with van der Waals surface area (Å²) in [6.45, 7) is -0.244. The zero-order valence-electron chi connectivity index (χ0n) is 8.49. The lowest BCUT2D eigenvalue weighted by Crippen LogP contribution is -2.44. The Labute approximate surface area is 94.6 Å². The second kappa shape index (κ2) is 4.53. The monoisotopic (exact) mass is 250 g/mol. The molecule has 0 aliphatic carbocycles. The lowest BCUT2D eigenvalue weighted by Gasteiger charge is -2.16. The Balaban J connectivity index is 2.64. The van der Waals surface area contributed by atoms with Crippen LogP contribution in [-0.4, -0.2) is 46.8 Å². The van der Waals surface area contributed by atoms with Gasteiger partial charge in [-0.1, -0.05) is 5.92 Å². The lowest BCUT2D eigenvalue weighted by atomic mass is 10.2. The first kappa shape index (κ1) is 13.2. The third-order valence-electron chi connectivity index (χ3n) is 2.33. The predicted molar refractivity (Wildman–Crippen MR) is 50.0 cm³/mol. The molecule has 94 valence electrons. The van der Waals surface area contributed by atoms with Gasteiger partial charge in [-0.25, -0.2) is 4.79 Å². The average molecular weight is 250 g/mol. The molecule has 0 spiro atoms. The SMILES string of the molecule is C#C[C@H]1C[C@@H](NC(=O)C(F)(F)F)CN1C(=O)O. The molecule has 0 aromatic rings. The number of hydrogen-bond donors (Lipinski definition) is 2. The number of nitrogens with zero attached hydrogens (tertiary/aromatic N) is 1. The molecule has 1 fully saturated rings. The second-order valence-corrected chi connectivity index (χ2v) is 3.52. The third-order valence-corrected chi connectivity index (χ3v) is 2.33. The van der Waals surface area contributed by atoms with Crippen LogP contribution in [0.1, 0.15) is 6.42 Å². The van der Waals surface area contributed by atoms with Crippen LogP contribution in [-0.2, 0) is 4.79 Å². The minimum atomic E-state index is -4.98. The summed E-state index contributed by atoms with van der Waals surface area (Å²) in [4.78, 5) is 22.2. The number of alkyl halides is 3. The van der Waals surface area contributed by atoms with Gasteiger partial charge >= 0.3 is 18.2 Å². The number of hydrogen-bond acceptors (Lipinski definition) is 2. The Morgan fingerprint density at radius 2 is 2.06 bits per heavy atom. The van der Waals surface area contributed by atoms with Gasteiger partial charge in [-0.2, -0.15) is 13.2 Å². The fourth-order valence-corrected chi connectivity index (χ4v) is 1.58. The average Bonchev–Trinajstić information content (AvgIpc) is 2.59. The third kappa shape index (κ3) is 3.03. The second-order valence-electron chi connectivity index (χ2n) is 3.52. The van der Waals surface area contributed by atoms with E-state index in [9.17, 15) is 22.8 Å². The summed E-state index contributed by atoms with van der Waals surface area (Å²) < 4.78 is 35.9. The van der Waals surface area contributed by atoms with Gasteiger partial charge < -0.3 is 10.4 Å². The quantitative estimate of drug-likeness (QED) is 0.662. The zero-order chi connectivity index (χ0) is 13.2. The summed E-state index contributed by atoms with van der Waals surface area (Å²) in [5.41, 5.74) is 0. The molecule has 1 aliphatic heterocycles. The fourth-order valence-electron chi connectivity index (χ4n) is 1.58. The summed E-state index contributed by atoms with van der Waals surface area (Å²) in [6, 6.07) is -1.73. The number of nitrogens with one attached hydrogen (secondary N) is 1. The first-order valence-corrected chi connectivity index (χ1v) is 4.59. The number of halogens is 3. The van der Waals surface area contributed by atoms with E-state index in [2.05, 4.69) is 5.92 Å². The predicted octanol–water partition coefficient (Wildman–Crippen LogP) is 0.419. The van der Waals surface area contributed by atoms with Crippen molar-refractivity contribution < 1.29 is 27.9 Å². The maximum absolute atomic E-state index is 12.0. The molecule has 2 N–H and O–H groups in total. The van der Waals surface area contributed by atoms with E-state index in [1.54, 1.807) is 5.32 Å². The van der Waals surface area contributed by atoms with Gasteiger partial charge in [-0.05, 0) is 0 Å². The van der Waals surface area contributed by atoms with Gasteiger partial charge in [0.25, 0.3) is 0 Å². The van der Waals surface area contributed by atoms with Crippen LogP contribution in [0.2, 0.25) is 0 Å². The Hall–Kier alpha value is -1.91. The van der Waals surface area contributed by atoms with Gasteiger partial charge in [0.1, 0.15) is 0 Å². The van der Waals surface area contributed by atoms with Crippen LogP contribution in [0.25, 0.3) is 0 Å². The van der Waals surface area contributed by atoms with Crippen LogP contribution in [0, 0.1) is 12.3 Å². The van der Waals surface area contributed by atoms with Crippen LogP contribution in [0.4, 0.5) is 18.0 Å². The summed E-state index contributed by atoms with van der Waals surface area (Å²) in [7, 11) is 0. The van der Waals surface area contributed by atoms with Crippen molar-refractivity contribution in [3.63, 3.8) is 0 Å². The summed E-state index contributed by atoms with van der Waals surface area (Å²) in [5.74, 6) is 0.0577. The number of carbonyl (C=O) groups is 2. The molecule has 17 heavy (non-hydrogen) atoms. The highest BCUT2D eigenvalue weighted by molar-refractivity contribution is 5.82. The van der Waals surface area contributed by atoms with Gasteiger partial charge in [-0.15, -0.1) is 6.42 Å². The largest absolute Gasteiger partial charge is 0.471 e. The van der Waals surface area contributed by atoms with E-state index in [4.69, 9.17) is 11.5 Å². The highest BCUT2D eigenvalue weighted by Crippen LogP contribution is 2.20. The molecule has 5 nitrogen and oxygen atoms in total. The fraction of sp³-hybridized carbons (Fsp3) is 0.556. The van der Waals surface area contributed by atoms with Crippen molar-refractivity contribution in [3.8, 4) is 12.3 Å². The Morgan fingerprint density at radius 1 is 1.47 bits per heavy atom. The van der Waals surface area contributed by atoms with E-state index in [-0.39, 0.29) is 13.0 Å². The minimum absolute atomic E-state index is 0.0232. The molecule has 2 atom stereocenters. The maximum atomic E-state index is 12.0. The van der Waals surface area contributed by atoms with E-state index >= 15 is 0 Å². The normalized spacial score (nSPS) is 24.2. The van der Waals surface area contributed by atoms with Gasteiger partial charge in [0.2, 0.25) is 0 Å². The Bertz CT molecular complexity index is 375. The highest BCUT2D eigenvalue weighted by atomic mass is 19.4. The van der Waals surface area contributed by atoms with Crippen molar-refractivity contribution in [1.29, 1.82) is 0 Å². The van der Waals surface area contributed by atoms with Gasteiger partial charge in [-0.3, -0.25) is 9.69 Å². The minimum Gasteiger partial charge on any atom is -0.465 e. The van der Waals surface area contributed by atoms with Gasteiger partial charge in [0.05, 0.1) is 6.04 Å². The molecule has 1 saturated heterocycles. The Kier molecular flexibility index (Phi) is 3.50. The van der Waals surface area contributed by atoms with Crippen molar-refractivity contribution in [3.05, 3.63) is 0 Å². The summed E-state index contributed by atoms with van der Waals surface area (Å²) in [5, 5.41) is 10.4.